The summed E-state index contributed by atoms with van der Waals surface area (Å²) in [7, 11) is 0. The molecular weight excluding hydrogens is 492 g/mol. The van der Waals surface area contributed by atoms with Gasteiger partial charge in [0.2, 0.25) is 12.1 Å². The molecule has 1 spiro atoms. The number of carbonyl (C=O) groups excluding carboxylic acids is 2. The highest BCUT2D eigenvalue weighted by Crippen LogP contribution is 2.68. The van der Waals surface area contributed by atoms with Crippen molar-refractivity contribution in [2.24, 2.45) is 28.6 Å². The Hall–Kier alpha value is -1.62. The largest absolute Gasteiger partial charge is 0.458 e. The van der Waals surface area contributed by atoms with Crippen LogP contribution in [0.2, 0.25) is 0 Å². The van der Waals surface area contributed by atoms with Crippen LogP contribution in [0.25, 0.3) is 0 Å². The van der Waals surface area contributed by atoms with Crippen molar-refractivity contribution in [2.45, 2.75) is 94.8 Å². The second-order valence-electron chi connectivity index (χ2n) is 13.1. The van der Waals surface area contributed by atoms with Crippen LogP contribution in [0.3, 0.4) is 0 Å². The molecule has 1 N–H and O–H groups in total. The van der Waals surface area contributed by atoms with Gasteiger partial charge in [0.15, 0.2) is 6.79 Å². The Morgan fingerprint density at radius 1 is 1.08 bits per heavy atom. The van der Waals surface area contributed by atoms with Crippen LogP contribution < -0.4 is 0 Å². The summed E-state index contributed by atoms with van der Waals surface area (Å²) in [6.45, 7) is 5.10. The molecule has 3 saturated carbocycles. The lowest BCUT2D eigenvalue weighted by Gasteiger charge is -2.62. The molecular formula is C29H36O9. The highest BCUT2D eigenvalue weighted by atomic mass is 16.9. The molecule has 8 rings (SSSR count). The van der Waals surface area contributed by atoms with E-state index in [1.165, 1.54) is 11.6 Å². The molecule has 9 nitrogen and oxygen atoms in total. The SMILES string of the molecule is CC12CC3OC45OCOC4CCOC5OC3C=C1CCC1C2CC(=O)C2(C)C(C3=CC(=O)OC3)CCC12O. The maximum atomic E-state index is 14.1. The minimum atomic E-state index is -1.12. The van der Waals surface area contributed by atoms with E-state index in [0.717, 1.165) is 18.4 Å². The van der Waals surface area contributed by atoms with Gasteiger partial charge in [-0.15, -0.1) is 0 Å². The van der Waals surface area contributed by atoms with Gasteiger partial charge in [-0.2, -0.15) is 0 Å². The number of allylic oxidation sites excluding steroid dienone is 1. The van der Waals surface area contributed by atoms with Crippen molar-refractivity contribution in [1.82, 2.24) is 0 Å². The number of carbonyl (C=O) groups is 2. The van der Waals surface area contributed by atoms with Crippen molar-refractivity contribution in [3.05, 3.63) is 23.3 Å². The molecule has 6 fully saturated rings. The van der Waals surface area contributed by atoms with Crippen molar-refractivity contribution < 1.29 is 43.1 Å². The summed E-state index contributed by atoms with van der Waals surface area (Å²) in [4.78, 5) is 25.9. The van der Waals surface area contributed by atoms with E-state index in [1.807, 2.05) is 6.92 Å². The van der Waals surface area contributed by atoms with Crippen LogP contribution in [0.15, 0.2) is 23.3 Å². The lowest BCUT2D eigenvalue weighted by molar-refractivity contribution is -0.421. The Balaban J connectivity index is 1.13. The van der Waals surface area contributed by atoms with Gasteiger partial charge in [0, 0.05) is 18.9 Å². The van der Waals surface area contributed by atoms with E-state index in [4.69, 9.17) is 28.4 Å². The van der Waals surface area contributed by atoms with Crippen molar-refractivity contribution in [1.29, 1.82) is 0 Å². The molecule has 11 unspecified atom stereocenters. The predicted molar refractivity (Wildman–Crippen MR) is 129 cm³/mol. The van der Waals surface area contributed by atoms with Crippen molar-refractivity contribution in [2.75, 3.05) is 20.0 Å². The summed E-state index contributed by atoms with van der Waals surface area (Å²) >= 11 is 0. The summed E-state index contributed by atoms with van der Waals surface area (Å²) in [5, 5.41) is 12.4. The number of hydrogen-bond acceptors (Lipinski definition) is 9. The number of aliphatic hydroxyl groups is 1. The van der Waals surface area contributed by atoms with Gasteiger partial charge in [-0.25, -0.2) is 4.79 Å². The van der Waals surface area contributed by atoms with Gasteiger partial charge in [0.25, 0.3) is 0 Å². The first-order valence-electron chi connectivity index (χ1n) is 14.2. The number of ether oxygens (including phenoxy) is 6. The molecule has 8 aliphatic rings. The average Bonchev–Trinajstić information content (AvgIpc) is 3.57. The van der Waals surface area contributed by atoms with E-state index in [9.17, 15) is 14.7 Å². The number of esters is 1. The van der Waals surface area contributed by atoms with E-state index in [1.54, 1.807) is 0 Å². The fraction of sp³-hybridized carbons (Fsp3) is 0.793. The number of Topliss-reactive ketones (excluding diaryl/α,β-unsaturated/α-hetero) is 1. The van der Waals surface area contributed by atoms with Gasteiger partial charge in [-0.1, -0.05) is 18.6 Å². The number of fused-ring (bicyclic) bond motifs is 6. The fourth-order valence-corrected chi connectivity index (χ4v) is 9.83. The maximum absolute atomic E-state index is 14.1. The van der Waals surface area contributed by atoms with Crippen LogP contribution in [0.5, 0.6) is 0 Å². The van der Waals surface area contributed by atoms with Crippen LogP contribution in [0.4, 0.5) is 0 Å². The molecule has 9 heteroatoms. The topological polar surface area (TPSA) is 110 Å². The van der Waals surface area contributed by atoms with Gasteiger partial charge >= 0.3 is 5.97 Å². The van der Waals surface area contributed by atoms with Crippen LogP contribution in [-0.4, -0.2) is 72.9 Å². The summed E-state index contributed by atoms with van der Waals surface area (Å²) in [5.74, 6) is -1.48. The summed E-state index contributed by atoms with van der Waals surface area (Å²) in [5.41, 5.74) is -0.192. The number of rotatable bonds is 1. The molecule has 4 aliphatic heterocycles. The molecule has 206 valence electrons. The van der Waals surface area contributed by atoms with Crippen LogP contribution in [-0.2, 0) is 38.0 Å². The molecule has 0 bridgehead atoms. The summed E-state index contributed by atoms with van der Waals surface area (Å²) in [6.07, 6.45) is 7.09. The number of cyclic esters (lactones) is 1. The monoisotopic (exact) mass is 528 g/mol. The average molecular weight is 529 g/mol. The third-order valence-electron chi connectivity index (χ3n) is 11.9. The van der Waals surface area contributed by atoms with Crippen LogP contribution >= 0.6 is 0 Å². The summed E-state index contributed by atoms with van der Waals surface area (Å²) in [6, 6.07) is 0. The van der Waals surface area contributed by atoms with Crippen molar-refractivity contribution >= 4 is 11.8 Å². The minimum Gasteiger partial charge on any atom is -0.458 e. The second-order valence-corrected chi connectivity index (χ2v) is 13.1. The Labute approximate surface area is 221 Å². The van der Waals surface area contributed by atoms with E-state index < -0.39 is 23.1 Å². The molecule has 0 amide bonds. The van der Waals surface area contributed by atoms with E-state index in [-0.39, 0.29) is 66.6 Å². The first kappa shape index (κ1) is 24.2. The lowest BCUT2D eigenvalue weighted by Crippen LogP contribution is -2.68. The van der Waals surface area contributed by atoms with Gasteiger partial charge in [0.05, 0.1) is 23.7 Å². The zero-order valence-electron chi connectivity index (χ0n) is 22.0. The maximum Gasteiger partial charge on any atom is 0.331 e. The van der Waals surface area contributed by atoms with Gasteiger partial charge in [0.1, 0.15) is 24.6 Å². The molecule has 0 aromatic rings. The van der Waals surface area contributed by atoms with Crippen molar-refractivity contribution in [3.8, 4) is 0 Å². The Morgan fingerprint density at radius 3 is 2.76 bits per heavy atom. The number of hydrogen-bond donors (Lipinski definition) is 1. The van der Waals surface area contributed by atoms with E-state index in [2.05, 4.69) is 13.0 Å². The van der Waals surface area contributed by atoms with Gasteiger partial charge < -0.3 is 33.5 Å². The van der Waals surface area contributed by atoms with Crippen molar-refractivity contribution in [3.63, 3.8) is 0 Å². The molecule has 4 aliphatic carbocycles. The molecule has 4 heterocycles. The molecule has 38 heavy (non-hydrogen) atoms. The zero-order chi connectivity index (χ0) is 26.1. The van der Waals surface area contributed by atoms with Crippen LogP contribution in [0, 0.1) is 28.6 Å². The molecule has 3 saturated heterocycles. The van der Waals surface area contributed by atoms with Gasteiger partial charge in [-0.05, 0) is 67.8 Å². The second kappa shape index (κ2) is 7.77. The first-order valence-corrected chi connectivity index (χ1v) is 14.2. The molecule has 0 aromatic carbocycles. The third-order valence-corrected chi connectivity index (χ3v) is 11.9. The van der Waals surface area contributed by atoms with E-state index in [0.29, 0.717) is 38.7 Å². The highest BCUT2D eigenvalue weighted by Gasteiger charge is 2.72. The predicted octanol–water partition coefficient (Wildman–Crippen LogP) is 2.55. The minimum absolute atomic E-state index is 0.00110. The fourth-order valence-electron chi connectivity index (χ4n) is 9.83. The normalized spacial score (nSPS) is 55.0. The Morgan fingerprint density at radius 2 is 1.95 bits per heavy atom. The molecule has 0 aromatic heterocycles. The lowest BCUT2D eigenvalue weighted by atomic mass is 9.44. The molecule has 11 atom stereocenters. The molecule has 0 radical (unpaired) electrons. The Kier molecular flexibility index (Phi) is 4.95. The standard InChI is InChI=1S/C29H36O9/c1-26-12-21-20(37-25-29(38-21)23(6-8-33-25)35-14-36-29)10-16(26)3-4-18-19(26)11-22(30)27(2)17(5-7-28(18,27)32)15-9-24(31)34-13-15/h9-10,17-21,23,25,32H,3-8,11-14H2,1-2H3. The first-order chi connectivity index (χ1) is 18.2. The number of ketones is 1. The quantitative estimate of drug-likeness (QED) is 0.406. The Bertz CT molecular complexity index is 1160. The third kappa shape index (κ3) is 2.83. The zero-order valence-corrected chi connectivity index (χ0v) is 22.0. The van der Waals surface area contributed by atoms with E-state index >= 15 is 0 Å². The van der Waals surface area contributed by atoms with Gasteiger partial charge in [-0.3, -0.25) is 4.79 Å². The highest BCUT2D eigenvalue weighted by molar-refractivity contribution is 5.90. The smallest absolute Gasteiger partial charge is 0.331 e. The summed E-state index contributed by atoms with van der Waals surface area (Å²) < 4.78 is 36.1. The van der Waals surface area contributed by atoms with Crippen LogP contribution in [0.1, 0.15) is 58.8 Å².